The van der Waals surface area contributed by atoms with Crippen LogP contribution < -0.4 is 9.47 Å². The summed E-state index contributed by atoms with van der Waals surface area (Å²) in [5, 5.41) is 19.2. The summed E-state index contributed by atoms with van der Waals surface area (Å²) in [5.41, 5.74) is 0.00772. The lowest BCUT2D eigenvalue weighted by Gasteiger charge is -2.37. The lowest BCUT2D eigenvalue weighted by atomic mass is 9.69. The van der Waals surface area contributed by atoms with Gasteiger partial charge in [0.05, 0.1) is 25.9 Å². The first kappa shape index (κ1) is 35.4. The molecule has 0 aromatic heterocycles. The lowest BCUT2D eigenvalue weighted by Crippen LogP contribution is -2.30. The van der Waals surface area contributed by atoms with E-state index in [4.69, 9.17) is 9.47 Å². The van der Waals surface area contributed by atoms with Crippen LogP contribution in [0, 0.1) is 70.0 Å². The van der Waals surface area contributed by atoms with Crippen LogP contribution in [0.25, 0.3) is 0 Å². The first-order chi connectivity index (χ1) is 23.4. The van der Waals surface area contributed by atoms with E-state index in [1.54, 1.807) is 12.1 Å². The third-order valence-electron chi connectivity index (χ3n) is 12.8. The van der Waals surface area contributed by atoms with Crippen LogP contribution >= 0.6 is 23.5 Å². The number of hydrogen-bond acceptors (Lipinski definition) is 8. The van der Waals surface area contributed by atoms with E-state index in [0.717, 1.165) is 86.9 Å². The molecule has 4 saturated carbocycles. The molecule has 0 radical (unpaired) electrons. The van der Waals surface area contributed by atoms with Gasteiger partial charge in [0.25, 0.3) is 0 Å². The standard InChI is InChI=1S/C40H52N2O4S2/c1-3-25-5-9-27(10-6-25)29-13-17-31(18-14-29)38(43)45-34-21-22-35(37-36(34)47-40(48-37)33(23-41)24-42)46-39(44)32-19-15-30(16-20-32)28-11-7-26(4-2)8-12-28/h21-22,25-32H,3-20H2,1-2H3. The van der Waals surface area contributed by atoms with Crippen molar-refractivity contribution in [1.29, 1.82) is 10.5 Å². The fourth-order valence-corrected chi connectivity index (χ4v) is 12.0. The number of hydrogen-bond donors (Lipinski definition) is 0. The molecule has 8 heteroatoms. The molecule has 0 unspecified atom stereocenters. The Kier molecular flexibility index (Phi) is 12.2. The zero-order valence-corrected chi connectivity index (χ0v) is 30.5. The number of nitriles is 2. The molecule has 1 aromatic carbocycles. The first-order valence-electron chi connectivity index (χ1n) is 18.9. The molecule has 0 N–H and O–H groups in total. The molecule has 0 saturated heterocycles. The van der Waals surface area contributed by atoms with Gasteiger partial charge in [-0.2, -0.15) is 10.5 Å². The van der Waals surface area contributed by atoms with Gasteiger partial charge in [-0.15, -0.1) is 0 Å². The largest absolute Gasteiger partial charge is 0.425 e. The predicted octanol–water partition coefficient (Wildman–Crippen LogP) is 11.0. The molecule has 48 heavy (non-hydrogen) atoms. The highest BCUT2D eigenvalue weighted by atomic mass is 32.2. The second kappa shape index (κ2) is 16.5. The number of allylic oxidation sites excluding steroid dienone is 1. The Morgan fingerprint density at radius 2 is 0.938 bits per heavy atom. The van der Waals surface area contributed by atoms with Crippen LogP contribution in [0.5, 0.6) is 11.5 Å². The minimum Gasteiger partial charge on any atom is -0.425 e. The van der Waals surface area contributed by atoms with Crippen LogP contribution in [0.2, 0.25) is 0 Å². The molecule has 5 aliphatic rings. The molecular weight excluding hydrogens is 637 g/mol. The predicted molar refractivity (Wildman–Crippen MR) is 190 cm³/mol. The molecule has 0 spiro atoms. The average molecular weight is 689 g/mol. The molecule has 258 valence electrons. The Hall–Kier alpha value is -2.42. The number of ether oxygens (including phenoxy) is 2. The van der Waals surface area contributed by atoms with Gasteiger partial charge in [-0.1, -0.05) is 75.9 Å². The Labute approximate surface area is 296 Å². The van der Waals surface area contributed by atoms with Crippen molar-refractivity contribution in [2.75, 3.05) is 0 Å². The number of carbonyl (C=O) groups excluding carboxylic acids is 2. The fraction of sp³-hybridized carbons (Fsp3) is 0.700. The Bertz CT molecular complexity index is 1320. The zero-order chi connectivity index (χ0) is 33.6. The molecular formula is C40H52N2O4S2. The van der Waals surface area contributed by atoms with Crippen LogP contribution in [0.4, 0.5) is 0 Å². The summed E-state index contributed by atoms with van der Waals surface area (Å²) >= 11 is 2.51. The smallest absolute Gasteiger partial charge is 0.314 e. The maximum Gasteiger partial charge on any atom is 0.314 e. The topological polar surface area (TPSA) is 100 Å². The number of esters is 2. The molecule has 4 aliphatic carbocycles. The molecule has 6 nitrogen and oxygen atoms in total. The SMILES string of the molecule is CCC1CCC(C2CCC(C(=O)Oc3ccc(OC(=O)C4CCC(C5CCC(CC)CC5)CC4)c4c3SC(=C(C#N)C#N)S4)CC2)CC1. The quantitative estimate of drug-likeness (QED) is 0.151. The van der Waals surface area contributed by atoms with Gasteiger partial charge in [0, 0.05) is 0 Å². The van der Waals surface area contributed by atoms with E-state index in [1.807, 2.05) is 12.1 Å². The van der Waals surface area contributed by atoms with Gasteiger partial charge < -0.3 is 9.47 Å². The van der Waals surface area contributed by atoms with Crippen molar-refractivity contribution >= 4 is 35.5 Å². The fourth-order valence-electron chi connectivity index (χ4n) is 9.48. The average Bonchev–Trinajstić information content (AvgIpc) is 3.59. The van der Waals surface area contributed by atoms with Gasteiger partial charge in [-0.05, 0) is 125 Å². The lowest BCUT2D eigenvalue weighted by molar-refractivity contribution is -0.141. The van der Waals surface area contributed by atoms with Gasteiger partial charge in [-0.25, -0.2) is 0 Å². The van der Waals surface area contributed by atoms with Gasteiger partial charge in [0.1, 0.15) is 29.2 Å². The Balaban J connectivity index is 1.08. The highest BCUT2D eigenvalue weighted by molar-refractivity contribution is 8.24. The van der Waals surface area contributed by atoms with Crippen molar-refractivity contribution < 1.29 is 19.1 Å². The zero-order valence-electron chi connectivity index (χ0n) is 28.8. The highest BCUT2D eigenvalue weighted by Gasteiger charge is 2.37. The van der Waals surface area contributed by atoms with Gasteiger partial charge in [0.15, 0.2) is 0 Å². The van der Waals surface area contributed by atoms with Crippen molar-refractivity contribution in [2.45, 2.75) is 139 Å². The number of rotatable bonds is 8. The number of fused-ring (bicyclic) bond motifs is 1. The first-order valence-corrected chi connectivity index (χ1v) is 20.5. The van der Waals surface area contributed by atoms with Crippen LogP contribution in [-0.4, -0.2) is 11.9 Å². The van der Waals surface area contributed by atoms with E-state index < -0.39 is 0 Å². The third-order valence-corrected chi connectivity index (χ3v) is 15.4. The van der Waals surface area contributed by atoms with Crippen molar-refractivity contribution in [3.8, 4) is 23.6 Å². The number of benzene rings is 1. The normalized spacial score (nSPS) is 32.0. The van der Waals surface area contributed by atoms with E-state index >= 15 is 0 Å². The monoisotopic (exact) mass is 688 g/mol. The van der Waals surface area contributed by atoms with E-state index in [1.165, 1.54) is 87.7 Å². The van der Waals surface area contributed by atoms with Crippen molar-refractivity contribution in [3.63, 3.8) is 0 Å². The number of nitrogens with zero attached hydrogens (tertiary/aromatic N) is 2. The molecule has 0 amide bonds. The van der Waals surface area contributed by atoms with E-state index in [0.29, 0.717) is 25.5 Å². The molecule has 6 rings (SSSR count). The second-order valence-corrected chi connectivity index (χ2v) is 17.6. The van der Waals surface area contributed by atoms with Gasteiger partial charge >= 0.3 is 11.9 Å². The van der Waals surface area contributed by atoms with Crippen molar-refractivity contribution in [3.05, 3.63) is 21.9 Å². The Morgan fingerprint density at radius 1 is 0.604 bits per heavy atom. The third kappa shape index (κ3) is 8.13. The van der Waals surface area contributed by atoms with E-state index in [9.17, 15) is 20.1 Å². The van der Waals surface area contributed by atoms with Crippen LogP contribution in [-0.2, 0) is 9.59 Å². The van der Waals surface area contributed by atoms with Gasteiger partial charge in [-0.3, -0.25) is 9.59 Å². The molecule has 0 bridgehead atoms. The maximum atomic E-state index is 13.5. The summed E-state index contributed by atoms with van der Waals surface area (Å²) in [4.78, 5) is 28.2. The molecule has 0 atom stereocenters. The van der Waals surface area contributed by atoms with Crippen LogP contribution in [0.15, 0.2) is 31.7 Å². The minimum atomic E-state index is -0.209. The summed E-state index contributed by atoms with van der Waals surface area (Å²) in [6, 6.07) is 7.41. The second-order valence-electron chi connectivity index (χ2n) is 15.3. The van der Waals surface area contributed by atoms with Crippen molar-refractivity contribution in [2.24, 2.45) is 47.3 Å². The molecule has 1 aromatic rings. The summed E-state index contributed by atoms with van der Waals surface area (Å²) in [6.45, 7) is 4.61. The minimum absolute atomic E-state index is 0.00772. The summed E-state index contributed by atoms with van der Waals surface area (Å²) in [5.74, 6) is 4.99. The number of carbonyl (C=O) groups is 2. The van der Waals surface area contributed by atoms with Gasteiger partial charge in [0.2, 0.25) is 0 Å². The van der Waals surface area contributed by atoms with Crippen molar-refractivity contribution in [1.82, 2.24) is 0 Å². The van der Waals surface area contributed by atoms with E-state index in [-0.39, 0.29) is 29.3 Å². The molecule has 1 heterocycles. The molecule has 4 fully saturated rings. The van der Waals surface area contributed by atoms with E-state index in [2.05, 4.69) is 13.8 Å². The summed E-state index contributed by atoms with van der Waals surface area (Å²) < 4.78 is 12.6. The summed E-state index contributed by atoms with van der Waals surface area (Å²) in [7, 11) is 0. The van der Waals surface area contributed by atoms with Crippen LogP contribution in [0.1, 0.15) is 129 Å². The highest BCUT2D eigenvalue weighted by Crippen LogP contribution is 2.59. The summed E-state index contributed by atoms with van der Waals surface area (Å²) in [6.07, 6.45) is 21.1. The maximum absolute atomic E-state index is 13.5. The number of thioether (sulfide) groups is 2. The van der Waals surface area contributed by atoms with Crippen LogP contribution in [0.3, 0.4) is 0 Å². The Morgan fingerprint density at radius 3 is 1.25 bits per heavy atom. The molecule has 1 aliphatic heterocycles.